The lowest BCUT2D eigenvalue weighted by Crippen LogP contribution is -2.36. The third kappa shape index (κ3) is 5.12. The highest BCUT2D eigenvalue weighted by Crippen LogP contribution is 2.37. The molecule has 1 atom stereocenters. The number of amides is 3. The lowest BCUT2D eigenvalue weighted by Gasteiger charge is -2.26. The fraction of sp³-hybridized carbons (Fsp3) is 0.391. The number of benzene rings is 1. The molecule has 1 aliphatic heterocycles. The number of thioether (sulfide) groups is 1. The number of nitrogens with one attached hydrogen (secondary N) is 1. The zero-order valence-electron chi connectivity index (χ0n) is 19.4. The van der Waals surface area contributed by atoms with Crippen molar-refractivity contribution >= 4 is 35.2 Å². The molecule has 0 spiro atoms. The van der Waals surface area contributed by atoms with E-state index in [1.165, 1.54) is 23.8 Å². The number of ether oxygens (including phenoxy) is 2. The summed E-state index contributed by atoms with van der Waals surface area (Å²) in [6.07, 6.45) is 1.89. The first-order chi connectivity index (χ1) is 15.8. The van der Waals surface area contributed by atoms with Gasteiger partial charge >= 0.3 is 0 Å². The van der Waals surface area contributed by atoms with Gasteiger partial charge < -0.3 is 19.7 Å². The van der Waals surface area contributed by atoms with Crippen LogP contribution >= 0.6 is 11.8 Å². The molecule has 10 heteroatoms. The van der Waals surface area contributed by atoms with Crippen molar-refractivity contribution in [3.05, 3.63) is 47.2 Å². The first-order valence-corrected chi connectivity index (χ1v) is 11.8. The molecule has 1 aromatic carbocycles. The van der Waals surface area contributed by atoms with Crippen LogP contribution in [-0.2, 0) is 4.79 Å². The van der Waals surface area contributed by atoms with Crippen LogP contribution in [0.2, 0.25) is 0 Å². The van der Waals surface area contributed by atoms with Gasteiger partial charge in [0.15, 0.2) is 5.75 Å². The molecule has 0 saturated heterocycles. The van der Waals surface area contributed by atoms with Crippen LogP contribution in [0.5, 0.6) is 11.6 Å². The Morgan fingerprint density at radius 2 is 1.97 bits per heavy atom. The maximum Gasteiger partial charge on any atom is 0.264 e. The second-order valence-electron chi connectivity index (χ2n) is 7.64. The second-order valence-corrected chi connectivity index (χ2v) is 8.55. The number of hydrogen-bond donors (Lipinski definition) is 1. The van der Waals surface area contributed by atoms with E-state index in [0.29, 0.717) is 35.4 Å². The molecule has 176 valence electrons. The first-order valence-electron chi connectivity index (χ1n) is 10.4. The normalized spacial score (nSPS) is 13.8. The number of pyridine rings is 1. The van der Waals surface area contributed by atoms with Gasteiger partial charge in [0.05, 0.1) is 48.8 Å². The molecular weight excluding hydrogens is 444 g/mol. The van der Waals surface area contributed by atoms with E-state index in [4.69, 9.17) is 9.47 Å². The smallest absolute Gasteiger partial charge is 0.264 e. The predicted octanol–water partition coefficient (Wildman–Crippen LogP) is 2.69. The molecule has 33 heavy (non-hydrogen) atoms. The first kappa shape index (κ1) is 24.5. The standard InChI is InChI=1S/C23H28N4O5S/c1-6-32-21-18(31-4)11-10-15(25-21)17(13-33-5)27-22(29)14-8-7-9-16(20(14)23(27)30)24-19(28)12-26(2)3/h7-11,17H,6,12-13H2,1-5H3,(H,24,28). The molecule has 0 fully saturated rings. The number of nitrogens with zero attached hydrogens (tertiary/aromatic N) is 3. The maximum absolute atomic E-state index is 13.5. The minimum absolute atomic E-state index is 0.153. The average Bonchev–Trinajstić information content (AvgIpc) is 3.02. The van der Waals surface area contributed by atoms with Gasteiger partial charge in [-0.05, 0) is 51.5 Å². The number of aromatic nitrogens is 1. The van der Waals surface area contributed by atoms with Gasteiger partial charge in [-0.15, -0.1) is 0 Å². The molecule has 0 bridgehead atoms. The van der Waals surface area contributed by atoms with E-state index in [-0.39, 0.29) is 23.6 Å². The Morgan fingerprint density at radius 1 is 1.21 bits per heavy atom. The molecule has 1 unspecified atom stereocenters. The Bertz CT molecular complexity index is 1060. The topological polar surface area (TPSA) is 101 Å². The lowest BCUT2D eigenvalue weighted by molar-refractivity contribution is -0.116. The number of likely N-dealkylation sites (N-methyl/N-ethyl adjacent to an activating group) is 1. The van der Waals surface area contributed by atoms with Gasteiger partial charge in [-0.1, -0.05) is 6.07 Å². The molecule has 0 radical (unpaired) electrons. The van der Waals surface area contributed by atoms with Gasteiger partial charge in [-0.25, -0.2) is 4.98 Å². The van der Waals surface area contributed by atoms with E-state index in [2.05, 4.69) is 10.3 Å². The van der Waals surface area contributed by atoms with Gasteiger partial charge in [0.1, 0.15) is 0 Å². The molecule has 3 rings (SSSR count). The van der Waals surface area contributed by atoms with E-state index in [9.17, 15) is 14.4 Å². The molecule has 1 N–H and O–H groups in total. The van der Waals surface area contributed by atoms with Crippen molar-refractivity contribution in [2.75, 3.05) is 51.7 Å². The van der Waals surface area contributed by atoms with Crippen LogP contribution in [0.15, 0.2) is 30.3 Å². The number of fused-ring (bicyclic) bond motifs is 1. The van der Waals surface area contributed by atoms with Crippen LogP contribution in [0.1, 0.15) is 39.4 Å². The Morgan fingerprint density at radius 3 is 2.61 bits per heavy atom. The van der Waals surface area contributed by atoms with E-state index >= 15 is 0 Å². The summed E-state index contributed by atoms with van der Waals surface area (Å²) in [6.45, 7) is 2.38. The summed E-state index contributed by atoms with van der Waals surface area (Å²) in [5.41, 5.74) is 1.29. The largest absolute Gasteiger partial charge is 0.491 e. The van der Waals surface area contributed by atoms with Gasteiger partial charge in [-0.2, -0.15) is 11.8 Å². The number of rotatable bonds is 10. The Labute approximate surface area is 197 Å². The van der Waals surface area contributed by atoms with Crippen LogP contribution in [0.25, 0.3) is 0 Å². The molecular formula is C23H28N4O5S. The van der Waals surface area contributed by atoms with Crippen molar-refractivity contribution in [2.24, 2.45) is 0 Å². The molecule has 2 aromatic rings. The molecule has 0 saturated carbocycles. The number of anilines is 1. The Balaban J connectivity index is 2.00. The third-order valence-electron chi connectivity index (χ3n) is 5.01. The van der Waals surface area contributed by atoms with E-state index in [1.807, 2.05) is 13.2 Å². The van der Waals surface area contributed by atoms with Crippen molar-refractivity contribution in [1.82, 2.24) is 14.8 Å². The van der Waals surface area contributed by atoms with Crippen LogP contribution in [0.4, 0.5) is 5.69 Å². The summed E-state index contributed by atoms with van der Waals surface area (Å²) in [5.74, 6) is 0.0526. The van der Waals surface area contributed by atoms with Gasteiger partial charge in [-0.3, -0.25) is 19.3 Å². The van der Waals surface area contributed by atoms with Crippen molar-refractivity contribution in [1.29, 1.82) is 0 Å². The zero-order valence-corrected chi connectivity index (χ0v) is 20.2. The molecule has 9 nitrogen and oxygen atoms in total. The van der Waals surface area contributed by atoms with Gasteiger partial charge in [0.2, 0.25) is 5.91 Å². The minimum Gasteiger partial charge on any atom is -0.491 e. The van der Waals surface area contributed by atoms with Crippen molar-refractivity contribution in [3.63, 3.8) is 0 Å². The lowest BCUT2D eigenvalue weighted by atomic mass is 10.1. The second kappa shape index (κ2) is 10.7. The van der Waals surface area contributed by atoms with Gasteiger partial charge in [0, 0.05) is 5.75 Å². The third-order valence-corrected chi connectivity index (χ3v) is 5.65. The van der Waals surface area contributed by atoms with Crippen LogP contribution in [0, 0.1) is 0 Å². The average molecular weight is 473 g/mol. The minimum atomic E-state index is -0.622. The van der Waals surface area contributed by atoms with Crippen LogP contribution < -0.4 is 14.8 Å². The van der Waals surface area contributed by atoms with Crippen molar-refractivity contribution < 1.29 is 23.9 Å². The monoisotopic (exact) mass is 472 g/mol. The van der Waals surface area contributed by atoms with E-state index in [0.717, 1.165) is 0 Å². The summed E-state index contributed by atoms with van der Waals surface area (Å²) in [7, 11) is 5.07. The molecule has 3 amide bonds. The predicted molar refractivity (Wildman–Crippen MR) is 127 cm³/mol. The summed E-state index contributed by atoms with van der Waals surface area (Å²) in [5, 5.41) is 2.76. The highest BCUT2D eigenvalue weighted by Gasteiger charge is 2.42. The fourth-order valence-corrected chi connectivity index (χ4v) is 4.28. The number of imide groups is 1. The van der Waals surface area contributed by atoms with Crippen molar-refractivity contribution in [3.8, 4) is 11.6 Å². The van der Waals surface area contributed by atoms with Gasteiger partial charge in [0.25, 0.3) is 17.7 Å². The highest BCUT2D eigenvalue weighted by atomic mass is 32.2. The Hall–Kier alpha value is -3.11. The number of hydrogen-bond acceptors (Lipinski definition) is 8. The number of carbonyl (C=O) groups excluding carboxylic acids is 3. The SMILES string of the molecule is CCOc1nc(C(CSC)N2C(=O)c3cccc(NC(=O)CN(C)C)c3C2=O)ccc1OC. The quantitative estimate of drug-likeness (QED) is 0.527. The summed E-state index contributed by atoms with van der Waals surface area (Å²) in [6, 6.07) is 7.70. The fourth-order valence-electron chi connectivity index (χ4n) is 3.64. The highest BCUT2D eigenvalue weighted by molar-refractivity contribution is 7.98. The Kier molecular flexibility index (Phi) is 7.93. The zero-order chi connectivity index (χ0) is 24.1. The van der Waals surface area contributed by atoms with E-state index in [1.54, 1.807) is 49.3 Å². The van der Waals surface area contributed by atoms with Crippen molar-refractivity contribution in [2.45, 2.75) is 13.0 Å². The summed E-state index contributed by atoms with van der Waals surface area (Å²) < 4.78 is 10.9. The molecule has 2 heterocycles. The molecule has 0 aliphatic carbocycles. The summed E-state index contributed by atoms with van der Waals surface area (Å²) >= 11 is 1.49. The number of carbonyl (C=O) groups is 3. The van der Waals surface area contributed by atoms with Crippen LogP contribution in [0.3, 0.4) is 0 Å². The molecule has 1 aromatic heterocycles. The number of methoxy groups -OCH3 is 1. The van der Waals surface area contributed by atoms with Crippen LogP contribution in [-0.4, -0.2) is 78.9 Å². The maximum atomic E-state index is 13.5. The molecule has 1 aliphatic rings. The summed E-state index contributed by atoms with van der Waals surface area (Å²) in [4.78, 5) is 46.6. The van der Waals surface area contributed by atoms with E-state index < -0.39 is 17.9 Å².